The lowest BCUT2D eigenvalue weighted by Gasteiger charge is -2.41. The average Bonchev–Trinajstić information content (AvgIpc) is 3.47. The first-order valence-corrected chi connectivity index (χ1v) is 11.7. The summed E-state index contributed by atoms with van der Waals surface area (Å²) in [5.74, 6) is 1.38. The monoisotopic (exact) mass is 448 g/mol. The Balaban J connectivity index is 1.26. The minimum absolute atomic E-state index is 0.0365. The summed E-state index contributed by atoms with van der Waals surface area (Å²) >= 11 is 0. The van der Waals surface area contributed by atoms with Crippen LogP contribution in [0.3, 0.4) is 0 Å². The number of aromatic nitrogens is 6. The Morgan fingerprint density at radius 3 is 2.55 bits per heavy atom. The minimum Gasteiger partial charge on any atom is -0.334 e. The Kier molecular flexibility index (Phi) is 5.22. The van der Waals surface area contributed by atoms with Crippen molar-refractivity contribution in [2.45, 2.75) is 71.0 Å². The van der Waals surface area contributed by atoms with E-state index in [1.54, 1.807) is 11.2 Å². The minimum atomic E-state index is 0.0365. The van der Waals surface area contributed by atoms with Crippen molar-refractivity contribution >= 4 is 11.8 Å². The molecule has 2 fully saturated rings. The molecule has 0 aromatic carbocycles. The Morgan fingerprint density at radius 2 is 1.85 bits per heavy atom. The van der Waals surface area contributed by atoms with Crippen LogP contribution in [-0.4, -0.2) is 59.4 Å². The Labute approximate surface area is 194 Å². The van der Waals surface area contributed by atoms with Crippen molar-refractivity contribution in [3.05, 3.63) is 42.7 Å². The molecule has 0 N–H and O–H groups in total. The number of amides is 2. The van der Waals surface area contributed by atoms with E-state index in [0.29, 0.717) is 24.2 Å². The van der Waals surface area contributed by atoms with Gasteiger partial charge in [-0.05, 0) is 38.8 Å². The van der Waals surface area contributed by atoms with Crippen LogP contribution in [0.1, 0.15) is 65.2 Å². The van der Waals surface area contributed by atoms with Crippen LogP contribution in [0.25, 0.3) is 11.5 Å². The van der Waals surface area contributed by atoms with Gasteiger partial charge >= 0.3 is 6.03 Å². The van der Waals surface area contributed by atoms with E-state index in [2.05, 4.69) is 60.6 Å². The second-order valence-electron chi connectivity index (χ2n) is 10.4. The van der Waals surface area contributed by atoms with Crippen molar-refractivity contribution in [3.8, 4) is 11.5 Å². The average molecular weight is 449 g/mol. The summed E-state index contributed by atoms with van der Waals surface area (Å²) in [7, 11) is 0. The number of carbonyl (C=O) groups excluding carboxylic acids is 1. The quantitative estimate of drug-likeness (QED) is 0.588. The summed E-state index contributed by atoms with van der Waals surface area (Å²) in [6.07, 6.45) is 7.74. The molecular formula is C24H32N8O. The number of carbonyl (C=O) groups is 1. The molecule has 0 radical (unpaired) electrons. The number of hydrogen-bond acceptors (Lipinski definition) is 5. The lowest BCUT2D eigenvalue weighted by atomic mass is 9.85. The highest BCUT2D eigenvalue weighted by Crippen LogP contribution is 2.38. The van der Waals surface area contributed by atoms with Crippen LogP contribution in [-0.2, 0) is 5.41 Å². The van der Waals surface area contributed by atoms with Gasteiger partial charge in [-0.25, -0.2) is 14.8 Å². The van der Waals surface area contributed by atoms with E-state index in [1.165, 1.54) is 0 Å². The van der Waals surface area contributed by atoms with Crippen LogP contribution in [0.5, 0.6) is 0 Å². The topological polar surface area (TPSA) is 85.0 Å². The molecule has 9 heteroatoms. The van der Waals surface area contributed by atoms with Crippen LogP contribution in [0, 0.1) is 0 Å². The van der Waals surface area contributed by atoms with Crippen LogP contribution >= 0.6 is 0 Å². The van der Waals surface area contributed by atoms with E-state index in [1.807, 2.05) is 34.0 Å². The SMILES string of the molecule is CC(C)n1cnnc1-c1cccc(N2CCN(C3CC(n4cnc(C(C)(C)C)c4)C3)C2=O)n1. The van der Waals surface area contributed by atoms with Crippen LogP contribution in [0.4, 0.5) is 10.6 Å². The van der Waals surface area contributed by atoms with Gasteiger partial charge in [0.05, 0.1) is 12.0 Å². The molecule has 1 aliphatic heterocycles. The maximum absolute atomic E-state index is 13.3. The zero-order valence-corrected chi connectivity index (χ0v) is 20.0. The first-order chi connectivity index (χ1) is 15.7. The largest absolute Gasteiger partial charge is 0.334 e. The van der Waals surface area contributed by atoms with Gasteiger partial charge in [0, 0.05) is 42.8 Å². The molecule has 0 atom stereocenters. The fourth-order valence-corrected chi connectivity index (χ4v) is 4.59. The molecule has 9 nitrogen and oxygen atoms in total. The van der Waals surface area contributed by atoms with Gasteiger partial charge in [-0.3, -0.25) is 4.90 Å². The van der Waals surface area contributed by atoms with Crippen LogP contribution in [0.2, 0.25) is 0 Å². The van der Waals surface area contributed by atoms with E-state index in [0.717, 1.165) is 30.8 Å². The van der Waals surface area contributed by atoms with E-state index < -0.39 is 0 Å². The lowest BCUT2D eigenvalue weighted by Crippen LogP contribution is -2.47. The molecule has 0 spiro atoms. The molecule has 1 saturated carbocycles. The van der Waals surface area contributed by atoms with Gasteiger partial charge in [-0.1, -0.05) is 26.8 Å². The molecule has 5 rings (SSSR count). The van der Waals surface area contributed by atoms with Gasteiger partial charge in [0.25, 0.3) is 0 Å². The zero-order valence-electron chi connectivity index (χ0n) is 20.0. The predicted octanol–water partition coefficient (Wildman–Crippen LogP) is 4.06. The fourth-order valence-electron chi connectivity index (χ4n) is 4.59. The summed E-state index contributed by atoms with van der Waals surface area (Å²) in [5.41, 5.74) is 1.88. The molecule has 33 heavy (non-hydrogen) atoms. The third-order valence-corrected chi connectivity index (χ3v) is 6.73. The molecule has 174 valence electrons. The number of urea groups is 1. The van der Waals surface area contributed by atoms with Crippen molar-refractivity contribution in [3.63, 3.8) is 0 Å². The van der Waals surface area contributed by atoms with E-state index in [9.17, 15) is 4.79 Å². The van der Waals surface area contributed by atoms with Gasteiger partial charge in [-0.15, -0.1) is 10.2 Å². The fraction of sp³-hybridized carbons (Fsp3) is 0.542. The zero-order chi connectivity index (χ0) is 23.3. The summed E-state index contributed by atoms with van der Waals surface area (Å²) in [5, 5.41) is 8.28. The molecule has 1 aliphatic carbocycles. The number of nitrogens with zero attached hydrogens (tertiary/aromatic N) is 8. The molecule has 0 unspecified atom stereocenters. The van der Waals surface area contributed by atoms with Crippen molar-refractivity contribution in [2.75, 3.05) is 18.0 Å². The number of rotatable bonds is 5. The summed E-state index contributed by atoms with van der Waals surface area (Å²) in [4.78, 5) is 26.4. The van der Waals surface area contributed by atoms with Gasteiger partial charge in [0.1, 0.15) is 17.8 Å². The van der Waals surface area contributed by atoms with Crippen molar-refractivity contribution in [1.29, 1.82) is 0 Å². The van der Waals surface area contributed by atoms with E-state index >= 15 is 0 Å². The first-order valence-electron chi connectivity index (χ1n) is 11.7. The lowest BCUT2D eigenvalue weighted by molar-refractivity contribution is 0.121. The highest BCUT2D eigenvalue weighted by atomic mass is 16.2. The van der Waals surface area contributed by atoms with E-state index in [4.69, 9.17) is 4.98 Å². The molecule has 3 aromatic heterocycles. The Bertz CT molecular complexity index is 1150. The highest BCUT2D eigenvalue weighted by Gasteiger charge is 2.42. The highest BCUT2D eigenvalue weighted by molar-refractivity contribution is 5.93. The first kappa shape index (κ1) is 21.6. The van der Waals surface area contributed by atoms with Crippen LogP contribution in [0.15, 0.2) is 37.1 Å². The second-order valence-corrected chi connectivity index (χ2v) is 10.4. The summed E-state index contributed by atoms with van der Waals surface area (Å²) < 4.78 is 4.20. The normalized spacial score (nSPS) is 21.2. The van der Waals surface area contributed by atoms with Gasteiger partial charge < -0.3 is 14.0 Å². The third-order valence-electron chi connectivity index (χ3n) is 6.73. The van der Waals surface area contributed by atoms with Crippen molar-refractivity contribution in [1.82, 2.24) is 34.2 Å². The maximum atomic E-state index is 13.3. The molecule has 4 heterocycles. The molecule has 3 aromatic rings. The molecule has 2 amide bonds. The standard InChI is InChI=1S/C24H32N8O/c1-16(2)32-15-26-28-22(32)19-7-6-8-21(27-19)31-10-9-30(23(31)33)18-11-17(12-18)29-13-20(25-14-29)24(3,4)5/h6-8,13-18H,9-12H2,1-5H3. The number of imidazole rings is 1. The van der Waals surface area contributed by atoms with Gasteiger partial charge in [0.2, 0.25) is 0 Å². The summed E-state index contributed by atoms with van der Waals surface area (Å²) in [6.45, 7) is 12.1. The smallest absolute Gasteiger partial charge is 0.326 e. The van der Waals surface area contributed by atoms with Crippen molar-refractivity contribution < 1.29 is 4.79 Å². The predicted molar refractivity (Wildman–Crippen MR) is 126 cm³/mol. The Morgan fingerprint density at radius 1 is 1.06 bits per heavy atom. The Hall–Kier alpha value is -3.23. The van der Waals surface area contributed by atoms with Crippen LogP contribution < -0.4 is 4.90 Å². The molecule has 1 saturated heterocycles. The van der Waals surface area contributed by atoms with Gasteiger partial charge in [-0.2, -0.15) is 0 Å². The molecule has 0 bridgehead atoms. The summed E-state index contributed by atoms with van der Waals surface area (Å²) in [6, 6.07) is 6.67. The van der Waals surface area contributed by atoms with Gasteiger partial charge in [0.15, 0.2) is 5.82 Å². The number of pyridine rings is 1. The number of hydrogen-bond donors (Lipinski definition) is 0. The number of anilines is 1. The maximum Gasteiger partial charge on any atom is 0.326 e. The second kappa shape index (κ2) is 7.97. The third kappa shape index (κ3) is 3.89. The van der Waals surface area contributed by atoms with E-state index in [-0.39, 0.29) is 23.5 Å². The molecular weight excluding hydrogens is 416 g/mol. The molecule has 2 aliphatic rings. The van der Waals surface area contributed by atoms with Crippen molar-refractivity contribution in [2.24, 2.45) is 0 Å².